The van der Waals surface area contributed by atoms with Crippen LogP contribution in [0, 0.1) is 11.6 Å². The normalized spacial score (nSPS) is 25.3. The maximum Gasteiger partial charge on any atom is 0.274 e. The van der Waals surface area contributed by atoms with Crippen molar-refractivity contribution in [3.05, 3.63) is 71.2 Å². The van der Waals surface area contributed by atoms with Gasteiger partial charge in [-0.25, -0.2) is 31.5 Å². The molecule has 3 heterocycles. The molecule has 2 aliphatic heterocycles. The number of halogens is 2. The van der Waals surface area contributed by atoms with Crippen molar-refractivity contribution in [2.45, 2.75) is 23.6 Å². The highest BCUT2D eigenvalue weighted by atomic mass is 32.2. The molecule has 2 atom stereocenters. The Morgan fingerprint density at radius 2 is 2.03 bits per heavy atom. The summed E-state index contributed by atoms with van der Waals surface area (Å²) in [5.74, 6) is -2.26. The Labute approximate surface area is 225 Å². The Kier molecular flexibility index (Phi) is 7.45. The van der Waals surface area contributed by atoms with Crippen molar-refractivity contribution < 1.29 is 22.0 Å². The van der Waals surface area contributed by atoms with Crippen molar-refractivity contribution in [2.75, 3.05) is 39.0 Å². The number of sulfonamides is 1. The average Bonchev–Trinajstić information content (AvgIpc) is 3.34. The van der Waals surface area contributed by atoms with Gasteiger partial charge in [-0.2, -0.15) is 0 Å². The standard InChI is InChI=1S/C25H30F2N8O3S/c1-24(19-10-18(5-6-20(19)27)32-22(36)21-7-4-17(26)13-31-21)25(39(37,38)34(3)23(29)33-24)8-9-35(15-25)14-16(11-28)12-30-2/h4-7,10-13H,8-9,14-15,28H2,1-3H3,(H2,29,33)(H,32,36)/t24-,25-/m1/s1. The number of benzene rings is 1. The number of anilines is 1. The van der Waals surface area contributed by atoms with E-state index in [9.17, 15) is 17.6 Å². The van der Waals surface area contributed by atoms with Crippen LogP contribution in [0.15, 0.2) is 58.3 Å². The number of amides is 1. The molecule has 2 aromatic rings. The first-order valence-electron chi connectivity index (χ1n) is 12.0. The second-order valence-corrected chi connectivity index (χ2v) is 11.9. The molecule has 2 aliphatic rings. The molecule has 5 N–H and O–H groups in total. The monoisotopic (exact) mass is 560 g/mol. The van der Waals surface area contributed by atoms with Crippen LogP contribution in [-0.4, -0.2) is 79.2 Å². The Morgan fingerprint density at radius 3 is 2.67 bits per heavy atom. The van der Waals surface area contributed by atoms with Crippen molar-refractivity contribution >= 4 is 33.8 Å². The smallest absolute Gasteiger partial charge is 0.274 e. The van der Waals surface area contributed by atoms with E-state index in [1.807, 2.05) is 4.90 Å². The number of nitrogens with one attached hydrogen (secondary N) is 1. The summed E-state index contributed by atoms with van der Waals surface area (Å²) in [5.41, 5.74) is 10.9. The van der Waals surface area contributed by atoms with Gasteiger partial charge in [0, 0.05) is 51.2 Å². The molecule has 1 spiro atoms. The lowest BCUT2D eigenvalue weighted by Gasteiger charge is -2.48. The van der Waals surface area contributed by atoms with Crippen molar-refractivity contribution in [3.8, 4) is 0 Å². The van der Waals surface area contributed by atoms with Gasteiger partial charge in [-0.15, -0.1) is 0 Å². The minimum atomic E-state index is -4.14. The first kappa shape index (κ1) is 28.1. The summed E-state index contributed by atoms with van der Waals surface area (Å²) >= 11 is 0. The van der Waals surface area contributed by atoms with Gasteiger partial charge in [0.15, 0.2) is 0 Å². The van der Waals surface area contributed by atoms with Crippen molar-refractivity contribution in [3.63, 3.8) is 0 Å². The van der Waals surface area contributed by atoms with Crippen LogP contribution in [0.1, 0.15) is 29.4 Å². The molecule has 1 aromatic heterocycles. The van der Waals surface area contributed by atoms with Crippen LogP contribution in [-0.2, 0) is 15.6 Å². The van der Waals surface area contributed by atoms with Crippen LogP contribution in [0.4, 0.5) is 14.5 Å². The summed E-state index contributed by atoms with van der Waals surface area (Å²) in [7, 11) is -1.22. The number of likely N-dealkylation sites (tertiary alicyclic amines) is 1. The molecule has 11 nitrogen and oxygen atoms in total. The summed E-state index contributed by atoms with van der Waals surface area (Å²) in [6.07, 6.45) is 4.02. The minimum absolute atomic E-state index is 0.0113. The third kappa shape index (κ3) is 4.74. The van der Waals surface area contributed by atoms with Crippen LogP contribution < -0.4 is 16.8 Å². The minimum Gasteiger partial charge on any atom is -0.404 e. The molecule has 1 aromatic carbocycles. The number of carbonyl (C=O) groups is 1. The van der Waals surface area contributed by atoms with Gasteiger partial charge in [-0.3, -0.25) is 14.7 Å². The zero-order chi connectivity index (χ0) is 28.6. The summed E-state index contributed by atoms with van der Waals surface area (Å²) < 4.78 is 56.1. The Bertz CT molecular complexity index is 1480. The molecule has 0 aliphatic carbocycles. The highest BCUT2D eigenvalue weighted by molar-refractivity contribution is 7.91. The lowest BCUT2D eigenvalue weighted by atomic mass is 9.78. The number of guanidine groups is 1. The molecule has 208 valence electrons. The molecular formula is C25H30F2N8O3S. The number of hydrogen-bond donors (Lipinski definition) is 3. The fourth-order valence-electron chi connectivity index (χ4n) is 5.19. The number of nitrogens with zero attached hydrogens (tertiary/aromatic N) is 5. The number of aromatic nitrogens is 1. The van der Waals surface area contributed by atoms with E-state index in [0.29, 0.717) is 18.7 Å². The van der Waals surface area contributed by atoms with Crippen LogP contribution in [0.3, 0.4) is 0 Å². The van der Waals surface area contributed by atoms with E-state index in [1.165, 1.54) is 38.4 Å². The maximum atomic E-state index is 15.5. The quantitative estimate of drug-likeness (QED) is 0.450. The zero-order valence-corrected chi connectivity index (χ0v) is 22.5. The molecule has 1 saturated heterocycles. The van der Waals surface area contributed by atoms with Gasteiger partial charge in [0.25, 0.3) is 5.91 Å². The molecule has 1 amide bonds. The van der Waals surface area contributed by atoms with E-state index in [0.717, 1.165) is 22.6 Å². The average molecular weight is 561 g/mol. The molecule has 4 rings (SSSR count). The highest BCUT2D eigenvalue weighted by Gasteiger charge is 2.66. The predicted octanol–water partition coefficient (Wildman–Crippen LogP) is 1.40. The topological polar surface area (TPSA) is 159 Å². The van der Waals surface area contributed by atoms with Gasteiger partial charge < -0.3 is 16.8 Å². The van der Waals surface area contributed by atoms with E-state index < -0.39 is 37.9 Å². The molecule has 14 heteroatoms. The zero-order valence-electron chi connectivity index (χ0n) is 21.7. The summed E-state index contributed by atoms with van der Waals surface area (Å²) in [4.78, 5) is 26.9. The summed E-state index contributed by atoms with van der Waals surface area (Å²) in [6, 6.07) is 6.09. The van der Waals surface area contributed by atoms with Gasteiger partial charge in [0.05, 0.1) is 6.20 Å². The predicted molar refractivity (Wildman–Crippen MR) is 145 cm³/mol. The van der Waals surface area contributed by atoms with Gasteiger partial charge >= 0.3 is 0 Å². The van der Waals surface area contributed by atoms with Crippen molar-refractivity contribution in [1.82, 2.24) is 14.2 Å². The Morgan fingerprint density at radius 1 is 1.28 bits per heavy atom. The Balaban J connectivity index is 1.78. The van der Waals surface area contributed by atoms with E-state index >= 15 is 4.39 Å². The number of hydrogen-bond acceptors (Lipinski definition) is 9. The number of pyridine rings is 1. The largest absolute Gasteiger partial charge is 0.404 e. The van der Waals surface area contributed by atoms with Gasteiger partial charge in [-0.05, 0) is 55.4 Å². The van der Waals surface area contributed by atoms with Gasteiger partial charge in [0.1, 0.15) is 27.6 Å². The number of rotatable bonds is 6. The Hall–Kier alpha value is -3.91. The van der Waals surface area contributed by atoms with Gasteiger partial charge in [0.2, 0.25) is 16.0 Å². The van der Waals surface area contributed by atoms with E-state index in [-0.39, 0.29) is 35.9 Å². The fraction of sp³-hybridized carbons (Fsp3) is 0.360. The second kappa shape index (κ2) is 10.3. The lowest BCUT2D eigenvalue weighted by molar-refractivity contribution is 0.102. The fourth-order valence-corrected chi connectivity index (χ4v) is 7.35. The second-order valence-electron chi connectivity index (χ2n) is 9.61. The molecule has 0 saturated carbocycles. The molecule has 0 radical (unpaired) electrons. The van der Waals surface area contributed by atoms with E-state index in [1.54, 1.807) is 13.3 Å². The first-order chi connectivity index (χ1) is 18.4. The molecule has 0 bridgehead atoms. The maximum absolute atomic E-state index is 15.5. The van der Waals surface area contributed by atoms with E-state index in [2.05, 4.69) is 20.3 Å². The molecule has 39 heavy (non-hydrogen) atoms. The number of nitrogens with two attached hydrogens (primary N) is 2. The third-order valence-electron chi connectivity index (χ3n) is 7.34. The van der Waals surface area contributed by atoms with Crippen molar-refractivity contribution in [1.29, 1.82) is 0 Å². The van der Waals surface area contributed by atoms with Crippen LogP contribution in [0.5, 0.6) is 0 Å². The molecular weight excluding hydrogens is 530 g/mol. The molecule has 0 unspecified atom stereocenters. The van der Waals surface area contributed by atoms with Crippen molar-refractivity contribution in [2.24, 2.45) is 21.5 Å². The number of carbonyl (C=O) groups excluding carboxylic acids is 1. The number of aliphatic imine (C=N–C) groups is 2. The van der Waals surface area contributed by atoms with Gasteiger partial charge in [-0.1, -0.05) is 0 Å². The van der Waals surface area contributed by atoms with Crippen LogP contribution in [0.25, 0.3) is 0 Å². The summed E-state index contributed by atoms with van der Waals surface area (Å²) in [5, 5.41) is 2.60. The van der Waals surface area contributed by atoms with Crippen LogP contribution in [0.2, 0.25) is 0 Å². The SMILES string of the molecule is CN=CC(=CN)CN1CC[C@@]2(C1)[C@@](C)(c1cc(NC(=O)c3ccc(F)cn3)ccc1F)N=C(N)N(C)S2(=O)=O. The third-order valence-corrected chi connectivity index (χ3v) is 9.96. The van der Waals surface area contributed by atoms with E-state index in [4.69, 9.17) is 11.5 Å². The lowest BCUT2D eigenvalue weighted by Crippen LogP contribution is -2.66. The first-order valence-corrected chi connectivity index (χ1v) is 13.4. The van der Waals surface area contributed by atoms with Crippen LogP contribution >= 0.6 is 0 Å². The summed E-state index contributed by atoms with van der Waals surface area (Å²) in [6.45, 7) is 2.23. The highest BCUT2D eigenvalue weighted by Crippen LogP contribution is 2.51. The molecule has 1 fully saturated rings.